The molecule has 1 aromatic carbocycles. The van der Waals surface area contributed by atoms with Crippen molar-refractivity contribution in [2.75, 3.05) is 24.3 Å². The minimum absolute atomic E-state index is 0.109. The van der Waals surface area contributed by atoms with Crippen molar-refractivity contribution >= 4 is 29.4 Å². The standard InChI is InChI=1S/C11H15NOS2/c1-14-8-7-12-11(13)9-15-10-5-3-2-4-6-10/h2-6H,7-9H2,1H3,(H,12,13). The van der Waals surface area contributed by atoms with Crippen LogP contribution in [0, 0.1) is 0 Å². The molecular weight excluding hydrogens is 226 g/mol. The zero-order chi connectivity index (χ0) is 10.9. The number of carbonyl (C=O) groups excluding carboxylic acids is 1. The van der Waals surface area contributed by atoms with Gasteiger partial charge in [-0.05, 0) is 18.4 Å². The number of amides is 1. The van der Waals surface area contributed by atoms with Crippen LogP contribution in [-0.4, -0.2) is 30.2 Å². The molecule has 0 aliphatic rings. The van der Waals surface area contributed by atoms with Gasteiger partial charge in [-0.25, -0.2) is 0 Å². The van der Waals surface area contributed by atoms with E-state index in [0.717, 1.165) is 17.2 Å². The third-order valence-corrected chi connectivity index (χ3v) is 3.37. The van der Waals surface area contributed by atoms with Crippen molar-refractivity contribution in [1.29, 1.82) is 0 Å². The first-order valence-corrected chi connectivity index (χ1v) is 7.14. The second-order valence-electron chi connectivity index (χ2n) is 2.94. The van der Waals surface area contributed by atoms with Crippen molar-refractivity contribution in [3.8, 4) is 0 Å². The van der Waals surface area contributed by atoms with E-state index < -0.39 is 0 Å². The molecule has 0 unspecified atom stereocenters. The zero-order valence-electron chi connectivity index (χ0n) is 8.73. The van der Waals surface area contributed by atoms with Crippen LogP contribution < -0.4 is 5.32 Å². The highest BCUT2D eigenvalue weighted by molar-refractivity contribution is 8.00. The summed E-state index contributed by atoms with van der Waals surface area (Å²) in [5, 5.41) is 2.87. The Labute approximate surface area is 99.2 Å². The minimum atomic E-state index is 0.109. The monoisotopic (exact) mass is 241 g/mol. The fourth-order valence-corrected chi connectivity index (χ4v) is 2.06. The predicted molar refractivity (Wildman–Crippen MR) is 68.6 cm³/mol. The van der Waals surface area contributed by atoms with Crippen molar-refractivity contribution in [2.24, 2.45) is 0 Å². The van der Waals surface area contributed by atoms with E-state index in [2.05, 4.69) is 5.32 Å². The minimum Gasteiger partial charge on any atom is -0.355 e. The first-order valence-electron chi connectivity index (χ1n) is 4.76. The quantitative estimate of drug-likeness (QED) is 0.612. The van der Waals surface area contributed by atoms with Gasteiger partial charge in [0.15, 0.2) is 0 Å². The molecule has 1 rings (SSSR count). The molecule has 0 aliphatic carbocycles. The highest BCUT2D eigenvalue weighted by atomic mass is 32.2. The number of hydrogen-bond donors (Lipinski definition) is 1. The van der Waals surface area contributed by atoms with Gasteiger partial charge in [-0.15, -0.1) is 11.8 Å². The Kier molecular flexibility index (Phi) is 6.36. The molecule has 82 valence electrons. The Balaban J connectivity index is 2.17. The van der Waals surface area contributed by atoms with Crippen LogP contribution >= 0.6 is 23.5 Å². The second-order valence-corrected chi connectivity index (χ2v) is 4.98. The maximum absolute atomic E-state index is 11.3. The number of thioether (sulfide) groups is 2. The van der Waals surface area contributed by atoms with Crippen LogP contribution in [-0.2, 0) is 4.79 Å². The predicted octanol–water partition coefficient (Wildman–Crippen LogP) is 2.26. The number of nitrogens with one attached hydrogen (secondary N) is 1. The number of hydrogen-bond acceptors (Lipinski definition) is 3. The lowest BCUT2D eigenvalue weighted by Gasteiger charge is -2.03. The Morgan fingerprint density at radius 2 is 2.07 bits per heavy atom. The average molecular weight is 241 g/mol. The molecule has 0 heterocycles. The van der Waals surface area contributed by atoms with E-state index in [-0.39, 0.29) is 5.91 Å². The van der Waals surface area contributed by atoms with Gasteiger partial charge in [0.25, 0.3) is 0 Å². The van der Waals surface area contributed by atoms with Gasteiger partial charge < -0.3 is 5.32 Å². The number of rotatable bonds is 6. The normalized spacial score (nSPS) is 9.93. The van der Waals surface area contributed by atoms with Gasteiger partial charge >= 0.3 is 0 Å². The Morgan fingerprint density at radius 3 is 2.73 bits per heavy atom. The molecule has 0 saturated heterocycles. The van der Waals surface area contributed by atoms with Crippen LogP contribution in [0.3, 0.4) is 0 Å². The van der Waals surface area contributed by atoms with E-state index in [4.69, 9.17) is 0 Å². The summed E-state index contributed by atoms with van der Waals surface area (Å²) in [5.41, 5.74) is 0. The summed E-state index contributed by atoms with van der Waals surface area (Å²) in [5.74, 6) is 1.58. The molecule has 1 amide bonds. The highest BCUT2D eigenvalue weighted by Gasteiger charge is 2.00. The lowest BCUT2D eigenvalue weighted by atomic mass is 10.4. The van der Waals surface area contributed by atoms with Gasteiger partial charge in [-0.2, -0.15) is 11.8 Å². The third-order valence-electron chi connectivity index (χ3n) is 1.74. The summed E-state index contributed by atoms with van der Waals surface area (Å²) < 4.78 is 0. The van der Waals surface area contributed by atoms with Crippen molar-refractivity contribution in [3.63, 3.8) is 0 Å². The van der Waals surface area contributed by atoms with E-state index in [0.29, 0.717) is 5.75 Å². The SMILES string of the molecule is CSCCNC(=O)CSc1ccccc1. The van der Waals surface area contributed by atoms with Gasteiger partial charge in [-0.3, -0.25) is 4.79 Å². The molecule has 0 spiro atoms. The Bertz CT molecular complexity index is 290. The number of carbonyl (C=O) groups is 1. The van der Waals surface area contributed by atoms with Gasteiger partial charge in [0, 0.05) is 17.2 Å². The fourth-order valence-electron chi connectivity index (χ4n) is 1.01. The zero-order valence-corrected chi connectivity index (χ0v) is 10.4. The van der Waals surface area contributed by atoms with Crippen molar-refractivity contribution in [3.05, 3.63) is 30.3 Å². The second kappa shape index (κ2) is 7.65. The largest absolute Gasteiger partial charge is 0.355 e. The third kappa shape index (κ3) is 5.74. The van der Waals surface area contributed by atoms with Gasteiger partial charge in [0.05, 0.1) is 5.75 Å². The average Bonchev–Trinajstić information content (AvgIpc) is 2.28. The molecule has 0 aromatic heterocycles. The lowest BCUT2D eigenvalue weighted by Crippen LogP contribution is -2.27. The molecule has 1 N–H and O–H groups in total. The van der Waals surface area contributed by atoms with E-state index in [1.165, 1.54) is 0 Å². The van der Waals surface area contributed by atoms with Crippen LogP contribution in [0.25, 0.3) is 0 Å². The van der Waals surface area contributed by atoms with Crippen LogP contribution in [0.4, 0.5) is 0 Å². The summed E-state index contributed by atoms with van der Waals surface area (Å²) in [4.78, 5) is 12.5. The molecular formula is C11H15NOS2. The molecule has 0 bridgehead atoms. The van der Waals surface area contributed by atoms with Gasteiger partial charge in [-0.1, -0.05) is 18.2 Å². The first-order chi connectivity index (χ1) is 7.33. The summed E-state index contributed by atoms with van der Waals surface area (Å²) in [6, 6.07) is 9.96. The topological polar surface area (TPSA) is 29.1 Å². The molecule has 1 aromatic rings. The van der Waals surface area contributed by atoms with Crippen molar-refractivity contribution in [2.45, 2.75) is 4.90 Å². The molecule has 2 nitrogen and oxygen atoms in total. The van der Waals surface area contributed by atoms with Crippen molar-refractivity contribution in [1.82, 2.24) is 5.32 Å². The molecule has 0 radical (unpaired) electrons. The van der Waals surface area contributed by atoms with E-state index >= 15 is 0 Å². The van der Waals surface area contributed by atoms with Gasteiger partial charge in [0.1, 0.15) is 0 Å². The van der Waals surface area contributed by atoms with E-state index in [1.54, 1.807) is 23.5 Å². The molecule has 0 fully saturated rings. The summed E-state index contributed by atoms with van der Waals surface area (Å²) in [7, 11) is 0. The van der Waals surface area contributed by atoms with Gasteiger partial charge in [0.2, 0.25) is 5.91 Å². The van der Waals surface area contributed by atoms with Crippen LogP contribution in [0.5, 0.6) is 0 Å². The summed E-state index contributed by atoms with van der Waals surface area (Å²) >= 11 is 3.30. The van der Waals surface area contributed by atoms with Crippen LogP contribution in [0.15, 0.2) is 35.2 Å². The Hall–Kier alpha value is -0.610. The molecule has 15 heavy (non-hydrogen) atoms. The summed E-state index contributed by atoms with van der Waals surface area (Å²) in [6.45, 7) is 0.759. The first kappa shape index (κ1) is 12.5. The maximum Gasteiger partial charge on any atom is 0.230 e. The fraction of sp³-hybridized carbons (Fsp3) is 0.364. The molecule has 0 atom stereocenters. The number of benzene rings is 1. The lowest BCUT2D eigenvalue weighted by molar-refractivity contribution is -0.118. The van der Waals surface area contributed by atoms with E-state index in [1.807, 2.05) is 36.6 Å². The smallest absolute Gasteiger partial charge is 0.230 e. The van der Waals surface area contributed by atoms with Crippen LogP contribution in [0.1, 0.15) is 0 Å². The highest BCUT2D eigenvalue weighted by Crippen LogP contribution is 2.15. The van der Waals surface area contributed by atoms with E-state index in [9.17, 15) is 4.79 Å². The van der Waals surface area contributed by atoms with Crippen LogP contribution in [0.2, 0.25) is 0 Å². The van der Waals surface area contributed by atoms with Crippen molar-refractivity contribution < 1.29 is 4.79 Å². The molecule has 0 aliphatic heterocycles. The Morgan fingerprint density at radius 1 is 1.33 bits per heavy atom. The molecule has 4 heteroatoms. The molecule has 0 saturated carbocycles. The maximum atomic E-state index is 11.3. The summed E-state index contributed by atoms with van der Waals surface area (Å²) in [6.07, 6.45) is 2.03.